The van der Waals surface area contributed by atoms with Crippen molar-refractivity contribution in [2.45, 2.75) is 38.5 Å². The average Bonchev–Trinajstić information content (AvgIpc) is 3.23. The van der Waals surface area contributed by atoms with Gasteiger partial charge in [-0.25, -0.2) is 15.0 Å². The summed E-state index contributed by atoms with van der Waals surface area (Å²) in [5, 5.41) is 0. The molecule has 8 aromatic rings. The van der Waals surface area contributed by atoms with Crippen molar-refractivity contribution < 1.29 is 0 Å². The Morgan fingerprint density at radius 3 is 1.37 bits per heavy atom. The molecule has 1 aliphatic rings. The third kappa shape index (κ3) is 5.74. The number of nitrogens with zero attached hydrogens (tertiary/aromatic N) is 3. The van der Waals surface area contributed by atoms with Crippen LogP contribution < -0.4 is 0 Å². The Morgan fingerprint density at radius 2 is 0.741 bits per heavy atom. The minimum atomic E-state index is -0.150. The van der Waals surface area contributed by atoms with Crippen LogP contribution in [0.1, 0.15) is 38.8 Å². The Labute approximate surface area is 318 Å². The molecule has 0 fully saturated rings. The highest BCUT2D eigenvalue weighted by Crippen LogP contribution is 2.55. The van der Waals surface area contributed by atoms with Gasteiger partial charge in [-0.3, -0.25) is 0 Å². The second-order valence-electron chi connectivity index (χ2n) is 15.3. The molecule has 3 nitrogen and oxygen atoms in total. The molecule has 0 unspecified atom stereocenters. The van der Waals surface area contributed by atoms with Gasteiger partial charge in [-0.1, -0.05) is 185 Å². The van der Waals surface area contributed by atoms with Crippen molar-refractivity contribution >= 4 is 0 Å². The number of benzene rings is 7. The van der Waals surface area contributed by atoms with Gasteiger partial charge in [0.1, 0.15) is 0 Å². The van der Waals surface area contributed by atoms with Crippen LogP contribution in [0.5, 0.6) is 0 Å². The summed E-state index contributed by atoms with van der Waals surface area (Å²) in [5.74, 6) is 1.97. The number of hydrogen-bond donors (Lipinski definition) is 0. The van der Waals surface area contributed by atoms with Gasteiger partial charge >= 0.3 is 0 Å². The Morgan fingerprint density at radius 1 is 0.278 bits per heavy atom. The molecule has 260 valence electrons. The van der Waals surface area contributed by atoms with Gasteiger partial charge in [-0.15, -0.1) is 0 Å². The van der Waals surface area contributed by atoms with Gasteiger partial charge in [0.25, 0.3) is 0 Å². The average molecular weight is 696 g/mol. The van der Waals surface area contributed by atoms with Gasteiger partial charge in [0.2, 0.25) is 0 Å². The Hall–Kier alpha value is -6.45. The van der Waals surface area contributed by atoms with Crippen molar-refractivity contribution in [1.82, 2.24) is 15.0 Å². The second-order valence-corrected chi connectivity index (χ2v) is 15.3. The summed E-state index contributed by atoms with van der Waals surface area (Å²) in [4.78, 5) is 15.1. The highest BCUT2D eigenvalue weighted by molar-refractivity contribution is 5.88. The van der Waals surface area contributed by atoms with E-state index in [-0.39, 0.29) is 10.8 Å². The van der Waals surface area contributed by atoms with Crippen molar-refractivity contribution in [3.63, 3.8) is 0 Å². The van der Waals surface area contributed by atoms with Crippen LogP contribution in [-0.2, 0) is 10.8 Å². The summed E-state index contributed by atoms with van der Waals surface area (Å²) in [6.07, 6.45) is 0. The smallest absolute Gasteiger partial charge is 0.164 e. The van der Waals surface area contributed by atoms with E-state index in [0.717, 1.165) is 27.8 Å². The van der Waals surface area contributed by atoms with Gasteiger partial charge in [0, 0.05) is 16.7 Å². The van der Waals surface area contributed by atoms with E-state index < -0.39 is 0 Å². The molecular formula is C51H41N3. The molecule has 9 rings (SSSR count). The summed E-state index contributed by atoms with van der Waals surface area (Å²) < 4.78 is 0. The molecule has 0 spiro atoms. The molecule has 1 aromatic heterocycles. The van der Waals surface area contributed by atoms with E-state index in [1.165, 1.54) is 44.5 Å². The number of fused-ring (bicyclic) bond motifs is 3. The molecule has 0 saturated heterocycles. The van der Waals surface area contributed by atoms with E-state index >= 15 is 0 Å². The standard InChI is InChI=1S/C51H41N3/c1-50(2)45-30-28-39(38-24-16-23-37(31-38)34-17-8-5-9-18-34)32-44(45)42-29-27-40(33-46(42)51(50,3)4)41-25-14-15-26-43(41)49-53-47(35-19-10-6-11-20-35)52-48(54-49)36-21-12-7-13-22-36/h5-33H,1-4H3. The van der Waals surface area contributed by atoms with Crippen LogP contribution in [0.15, 0.2) is 176 Å². The zero-order chi connectivity index (χ0) is 36.9. The second kappa shape index (κ2) is 13.2. The van der Waals surface area contributed by atoms with Crippen LogP contribution in [0.4, 0.5) is 0 Å². The van der Waals surface area contributed by atoms with Gasteiger partial charge in [0.05, 0.1) is 0 Å². The van der Waals surface area contributed by atoms with E-state index in [1.54, 1.807) is 0 Å². The van der Waals surface area contributed by atoms with Gasteiger partial charge in [0.15, 0.2) is 17.5 Å². The summed E-state index contributed by atoms with van der Waals surface area (Å²) in [7, 11) is 0. The molecule has 0 bridgehead atoms. The molecule has 1 heterocycles. The summed E-state index contributed by atoms with van der Waals surface area (Å²) in [5.41, 5.74) is 15.0. The number of rotatable bonds is 6. The maximum Gasteiger partial charge on any atom is 0.164 e. The van der Waals surface area contributed by atoms with Crippen LogP contribution in [0.3, 0.4) is 0 Å². The van der Waals surface area contributed by atoms with Gasteiger partial charge in [-0.05, 0) is 84.7 Å². The molecule has 0 atom stereocenters. The zero-order valence-corrected chi connectivity index (χ0v) is 31.1. The Balaban J connectivity index is 1.18. The van der Waals surface area contributed by atoms with E-state index in [4.69, 9.17) is 15.0 Å². The molecule has 1 aliphatic carbocycles. The summed E-state index contributed by atoms with van der Waals surface area (Å²) >= 11 is 0. The lowest BCUT2D eigenvalue weighted by molar-refractivity contribution is 0.299. The molecule has 0 radical (unpaired) electrons. The van der Waals surface area contributed by atoms with Crippen molar-refractivity contribution in [3.8, 4) is 78.7 Å². The molecular weight excluding hydrogens is 655 g/mol. The fourth-order valence-electron chi connectivity index (χ4n) is 8.00. The third-order valence-corrected chi connectivity index (χ3v) is 11.7. The van der Waals surface area contributed by atoms with Crippen LogP contribution >= 0.6 is 0 Å². The maximum atomic E-state index is 5.10. The first-order valence-corrected chi connectivity index (χ1v) is 18.7. The predicted molar refractivity (Wildman–Crippen MR) is 224 cm³/mol. The molecule has 54 heavy (non-hydrogen) atoms. The zero-order valence-electron chi connectivity index (χ0n) is 31.1. The fraction of sp³-hybridized carbons (Fsp3) is 0.118. The quantitative estimate of drug-likeness (QED) is 0.174. The lowest BCUT2D eigenvalue weighted by atomic mass is 9.55. The number of aromatic nitrogens is 3. The first-order chi connectivity index (χ1) is 26.3. The number of hydrogen-bond acceptors (Lipinski definition) is 3. The van der Waals surface area contributed by atoms with Crippen LogP contribution in [-0.4, -0.2) is 15.0 Å². The molecule has 0 saturated carbocycles. The fourth-order valence-corrected chi connectivity index (χ4v) is 8.00. The molecule has 7 aromatic carbocycles. The minimum Gasteiger partial charge on any atom is -0.208 e. The SMILES string of the molecule is CC1(C)c2ccc(-c3cccc(-c4ccccc4)c3)cc2-c2ccc(-c3ccccc3-c3nc(-c4ccccc4)nc(-c4ccccc4)n3)cc2C1(C)C. The predicted octanol–water partition coefficient (Wildman–Crippen LogP) is 13.1. The molecule has 0 aliphatic heterocycles. The first kappa shape index (κ1) is 33.4. The van der Waals surface area contributed by atoms with E-state index in [0.29, 0.717) is 17.5 Å². The third-order valence-electron chi connectivity index (χ3n) is 11.7. The lowest BCUT2D eigenvalue weighted by Gasteiger charge is -2.48. The molecule has 3 heteroatoms. The monoisotopic (exact) mass is 695 g/mol. The summed E-state index contributed by atoms with van der Waals surface area (Å²) in [6.45, 7) is 9.58. The van der Waals surface area contributed by atoms with E-state index in [1.807, 2.05) is 36.4 Å². The topological polar surface area (TPSA) is 38.7 Å². The van der Waals surface area contributed by atoms with Crippen LogP contribution in [0, 0.1) is 0 Å². The lowest BCUT2D eigenvalue weighted by Crippen LogP contribution is -2.43. The van der Waals surface area contributed by atoms with Crippen molar-refractivity contribution in [3.05, 3.63) is 187 Å². The summed E-state index contributed by atoms with van der Waals surface area (Å²) in [6, 6.07) is 62.4. The highest BCUT2D eigenvalue weighted by atomic mass is 15.0. The van der Waals surface area contributed by atoms with E-state index in [9.17, 15) is 0 Å². The highest BCUT2D eigenvalue weighted by Gasteiger charge is 2.46. The van der Waals surface area contributed by atoms with Crippen molar-refractivity contribution in [2.75, 3.05) is 0 Å². The van der Waals surface area contributed by atoms with Gasteiger partial charge in [-0.2, -0.15) is 0 Å². The normalized spacial score (nSPS) is 13.9. The van der Waals surface area contributed by atoms with Crippen LogP contribution in [0.2, 0.25) is 0 Å². The Kier molecular flexibility index (Phi) is 8.16. The first-order valence-electron chi connectivity index (χ1n) is 18.7. The minimum absolute atomic E-state index is 0.124. The maximum absolute atomic E-state index is 5.10. The molecule has 0 N–H and O–H groups in total. The Bertz CT molecular complexity index is 2580. The van der Waals surface area contributed by atoms with Gasteiger partial charge < -0.3 is 0 Å². The molecule has 0 amide bonds. The van der Waals surface area contributed by atoms with Crippen LogP contribution in [0.25, 0.3) is 78.7 Å². The largest absolute Gasteiger partial charge is 0.208 e. The van der Waals surface area contributed by atoms with Crippen molar-refractivity contribution in [1.29, 1.82) is 0 Å². The van der Waals surface area contributed by atoms with Crippen molar-refractivity contribution in [2.24, 2.45) is 0 Å². The van der Waals surface area contributed by atoms with E-state index in [2.05, 4.69) is 167 Å².